The topological polar surface area (TPSA) is 78.2 Å². The van der Waals surface area contributed by atoms with Gasteiger partial charge < -0.3 is 14.9 Å². The molecule has 0 spiro atoms. The Bertz CT molecular complexity index is 192. The van der Waals surface area contributed by atoms with Crippen molar-refractivity contribution in [2.24, 2.45) is 0 Å². The van der Waals surface area contributed by atoms with Crippen molar-refractivity contribution in [1.29, 1.82) is 0 Å². The van der Waals surface area contributed by atoms with Crippen molar-refractivity contribution in [3.63, 3.8) is 0 Å². The summed E-state index contributed by atoms with van der Waals surface area (Å²) in [5.74, 6) is -0.384. The van der Waals surface area contributed by atoms with Crippen LogP contribution in [-0.2, 0) is 19.1 Å². The van der Waals surface area contributed by atoms with Crippen LogP contribution >= 0.6 is 0 Å². The number of carbonyl (C=O) groups is 1. The first-order valence-corrected chi connectivity index (χ1v) is 3.16. The number of rotatable bonds is 3. The van der Waals surface area contributed by atoms with E-state index in [9.17, 15) is 4.79 Å². The first-order chi connectivity index (χ1) is 5.74. The molecule has 5 heteroatoms. The third-order valence-electron chi connectivity index (χ3n) is 0.981. The second-order valence-corrected chi connectivity index (χ2v) is 1.88. The van der Waals surface area contributed by atoms with E-state index in [-0.39, 0.29) is 12.1 Å². The van der Waals surface area contributed by atoms with Gasteiger partial charge in [-0.15, -0.1) is 0 Å². The number of hydrogen-bond acceptors (Lipinski definition) is 4. The molecule has 1 aliphatic heterocycles. The standard InChI is InChI=1S/C6H8O3.CNO/c1-2-6(7)9-4-5-3-8-5;2-1-3/h2,5H,1,3-4H2;/q;-1. The molecule has 5 nitrogen and oxygen atoms in total. The van der Waals surface area contributed by atoms with Gasteiger partial charge in [0.15, 0.2) is 0 Å². The van der Waals surface area contributed by atoms with E-state index in [0.717, 1.165) is 6.08 Å². The molecule has 1 unspecified atom stereocenters. The van der Waals surface area contributed by atoms with Crippen molar-refractivity contribution in [3.8, 4) is 0 Å². The van der Waals surface area contributed by atoms with Gasteiger partial charge in [0.05, 0.1) is 6.61 Å². The van der Waals surface area contributed by atoms with Crippen molar-refractivity contribution in [2.45, 2.75) is 6.10 Å². The summed E-state index contributed by atoms with van der Waals surface area (Å²) in [7, 11) is 0. The lowest BCUT2D eigenvalue weighted by molar-refractivity contribution is -0.138. The van der Waals surface area contributed by atoms with Gasteiger partial charge in [-0.05, 0) is 6.08 Å². The fraction of sp³-hybridized carbons (Fsp3) is 0.429. The summed E-state index contributed by atoms with van der Waals surface area (Å²) in [6.45, 7) is 4.32. The van der Waals surface area contributed by atoms with Gasteiger partial charge in [0.2, 0.25) is 0 Å². The van der Waals surface area contributed by atoms with E-state index < -0.39 is 0 Å². The van der Waals surface area contributed by atoms with Crippen LogP contribution in [0.25, 0.3) is 5.41 Å². The highest BCUT2D eigenvalue weighted by atomic mass is 16.6. The van der Waals surface area contributed by atoms with Crippen LogP contribution in [0.3, 0.4) is 0 Å². The van der Waals surface area contributed by atoms with Crippen LogP contribution in [0.5, 0.6) is 0 Å². The maximum Gasteiger partial charge on any atom is 0.330 e. The second-order valence-electron chi connectivity index (χ2n) is 1.88. The van der Waals surface area contributed by atoms with E-state index in [0.29, 0.717) is 19.3 Å². The molecule has 0 radical (unpaired) electrons. The van der Waals surface area contributed by atoms with Crippen LogP contribution < -0.4 is 0 Å². The van der Waals surface area contributed by atoms with E-state index in [1.807, 2.05) is 0 Å². The molecule has 12 heavy (non-hydrogen) atoms. The first-order valence-electron chi connectivity index (χ1n) is 3.16. The minimum atomic E-state index is -0.384. The zero-order valence-electron chi connectivity index (χ0n) is 6.36. The Morgan fingerprint density at radius 3 is 2.75 bits per heavy atom. The third kappa shape index (κ3) is 6.67. The summed E-state index contributed by atoms with van der Waals surface area (Å²) in [4.78, 5) is 18.6. The molecule has 66 valence electrons. The Kier molecular flexibility index (Phi) is 5.51. The normalized spacial score (nSPS) is 17.8. The highest BCUT2D eigenvalue weighted by Crippen LogP contribution is 2.08. The Hall–Kier alpha value is -1.45. The van der Waals surface area contributed by atoms with Crippen LogP contribution in [0.2, 0.25) is 0 Å². The number of epoxide rings is 1. The zero-order valence-corrected chi connectivity index (χ0v) is 6.36. The minimum Gasteiger partial charge on any atom is -0.724 e. The van der Waals surface area contributed by atoms with Crippen molar-refractivity contribution >= 4 is 12.0 Å². The van der Waals surface area contributed by atoms with Gasteiger partial charge >= 0.3 is 5.97 Å². The molecule has 0 amide bonds. The van der Waals surface area contributed by atoms with E-state index in [4.69, 9.17) is 14.9 Å². The summed E-state index contributed by atoms with van der Waals surface area (Å²) < 4.78 is 9.42. The molecule has 1 heterocycles. The lowest BCUT2D eigenvalue weighted by Gasteiger charge is -1.94. The maximum atomic E-state index is 10.3. The molecule has 1 fully saturated rings. The maximum absolute atomic E-state index is 10.3. The van der Waals surface area contributed by atoms with Gasteiger partial charge in [-0.3, -0.25) is 4.79 Å². The number of carbonyl (C=O) groups excluding carboxylic acids is 2. The van der Waals surface area contributed by atoms with E-state index in [2.05, 4.69) is 11.3 Å². The molecule has 0 bridgehead atoms. The van der Waals surface area contributed by atoms with Crippen LogP contribution in [0, 0.1) is 0 Å². The molecular formula is C7H8NO4-. The summed E-state index contributed by atoms with van der Waals surface area (Å²) in [6.07, 6.45) is 1.79. The Balaban J connectivity index is 0.000000354. The summed E-state index contributed by atoms with van der Waals surface area (Å²) in [5.41, 5.74) is 0. The van der Waals surface area contributed by atoms with Crippen LogP contribution in [0.4, 0.5) is 0 Å². The predicted octanol–water partition coefficient (Wildman–Crippen LogP) is 0.00600. The molecule has 1 atom stereocenters. The molecular weight excluding hydrogens is 162 g/mol. The SMILES string of the molecule is C=CC(=O)OCC1CO1.[N-]=C=O. The van der Waals surface area contributed by atoms with E-state index >= 15 is 0 Å². The molecule has 0 aromatic rings. The number of nitrogens with zero attached hydrogens (tertiary/aromatic N) is 1. The predicted molar refractivity (Wildman–Crippen MR) is 39.9 cm³/mol. The fourth-order valence-corrected chi connectivity index (χ4v) is 0.398. The van der Waals surface area contributed by atoms with Crippen LogP contribution in [0.1, 0.15) is 0 Å². The number of hydrogen-bond donors (Lipinski definition) is 0. The highest BCUT2D eigenvalue weighted by Gasteiger charge is 2.23. The van der Waals surface area contributed by atoms with Gasteiger partial charge in [-0.2, -0.15) is 0 Å². The van der Waals surface area contributed by atoms with Gasteiger partial charge in [0.25, 0.3) is 0 Å². The van der Waals surface area contributed by atoms with E-state index in [1.54, 1.807) is 0 Å². The summed E-state index contributed by atoms with van der Waals surface area (Å²) in [6, 6.07) is 0. The zero-order chi connectivity index (χ0) is 9.40. The van der Waals surface area contributed by atoms with Gasteiger partial charge in [0, 0.05) is 6.08 Å². The third-order valence-corrected chi connectivity index (χ3v) is 0.981. The van der Waals surface area contributed by atoms with Crippen molar-refractivity contribution in [3.05, 3.63) is 18.1 Å². The van der Waals surface area contributed by atoms with Crippen LogP contribution in [0.15, 0.2) is 12.7 Å². The molecule has 0 aliphatic carbocycles. The molecule has 0 aromatic heterocycles. The second kappa shape index (κ2) is 6.27. The average molecular weight is 170 g/mol. The van der Waals surface area contributed by atoms with Crippen molar-refractivity contribution in [1.82, 2.24) is 0 Å². The summed E-state index contributed by atoms with van der Waals surface area (Å²) >= 11 is 0. The molecule has 1 rings (SSSR count). The van der Waals surface area contributed by atoms with E-state index in [1.165, 1.54) is 0 Å². The molecule has 1 saturated heterocycles. The minimum absolute atomic E-state index is 0.147. The fourth-order valence-electron chi connectivity index (χ4n) is 0.398. The lowest BCUT2D eigenvalue weighted by Crippen LogP contribution is -2.06. The Morgan fingerprint density at radius 1 is 1.92 bits per heavy atom. The number of isocyanates is 1. The molecule has 0 aromatic carbocycles. The van der Waals surface area contributed by atoms with Gasteiger partial charge in [-0.1, -0.05) is 6.58 Å². The van der Waals surface area contributed by atoms with Crippen molar-refractivity contribution in [2.75, 3.05) is 13.2 Å². The largest absolute Gasteiger partial charge is 0.724 e. The van der Waals surface area contributed by atoms with Crippen LogP contribution in [-0.4, -0.2) is 31.4 Å². The molecule has 1 aliphatic rings. The quantitative estimate of drug-likeness (QED) is 0.196. The van der Waals surface area contributed by atoms with Gasteiger partial charge in [0.1, 0.15) is 12.7 Å². The molecule has 0 N–H and O–H groups in total. The summed E-state index contributed by atoms with van der Waals surface area (Å²) in [5, 5.41) is 6.76. The van der Waals surface area contributed by atoms with Gasteiger partial charge in [-0.25, -0.2) is 4.79 Å². The lowest BCUT2D eigenvalue weighted by atomic mass is 10.5. The average Bonchev–Trinajstić information content (AvgIpc) is 2.85. The highest BCUT2D eigenvalue weighted by molar-refractivity contribution is 5.81. The Labute approximate surface area is 69.5 Å². The molecule has 0 saturated carbocycles. The first kappa shape index (κ1) is 10.6. The Morgan fingerprint density at radius 2 is 2.42 bits per heavy atom. The number of ether oxygens (including phenoxy) is 2. The van der Waals surface area contributed by atoms with Crippen molar-refractivity contribution < 1.29 is 19.1 Å². The number of esters is 1. The smallest absolute Gasteiger partial charge is 0.330 e. The monoisotopic (exact) mass is 170 g/mol.